The van der Waals surface area contributed by atoms with Crippen molar-refractivity contribution in [2.75, 3.05) is 0 Å². The molecule has 0 radical (unpaired) electrons. The molecule has 0 saturated heterocycles. The summed E-state index contributed by atoms with van der Waals surface area (Å²) in [4.78, 5) is 0. The second-order valence-electron chi connectivity index (χ2n) is 18.7. The number of benzene rings is 12. The summed E-state index contributed by atoms with van der Waals surface area (Å²) in [5.41, 5.74) is 18.5. The van der Waals surface area contributed by atoms with Crippen LogP contribution < -0.4 is 0 Å². The molecule has 3 nitrogen and oxygen atoms in total. The Morgan fingerprint density at radius 3 is 1.21 bits per heavy atom. The molecular weight excluding hydrogens is 863 g/mol. The molecule has 3 aromatic heterocycles. The lowest BCUT2D eigenvalue weighted by atomic mass is 9.85. The molecule has 0 unspecified atom stereocenters. The number of nitrogens with zero attached hydrogens (tertiary/aromatic N) is 1. The third kappa shape index (κ3) is 6.10. The van der Waals surface area contributed by atoms with Gasteiger partial charge in [0.05, 0.1) is 11.0 Å². The zero-order valence-electron chi connectivity index (χ0n) is 38.4. The molecule has 0 saturated carbocycles. The highest BCUT2D eigenvalue weighted by Gasteiger charge is 2.21. The minimum Gasteiger partial charge on any atom is -0.455 e. The second kappa shape index (κ2) is 15.5. The second-order valence-corrected chi connectivity index (χ2v) is 18.7. The van der Waals surface area contributed by atoms with Gasteiger partial charge in [0.1, 0.15) is 22.3 Å². The Balaban J connectivity index is 0.949. The molecule has 3 heteroatoms. The van der Waals surface area contributed by atoms with Crippen LogP contribution in [0, 0.1) is 0 Å². The Bertz CT molecular complexity index is 4460. The zero-order chi connectivity index (χ0) is 46.6. The fraction of sp³-hybridized carbons (Fsp3) is 0. The van der Waals surface area contributed by atoms with Gasteiger partial charge in [-0.3, -0.25) is 0 Å². The van der Waals surface area contributed by atoms with E-state index in [9.17, 15) is 0 Å². The van der Waals surface area contributed by atoms with E-state index in [0.29, 0.717) is 0 Å². The van der Waals surface area contributed by atoms with Gasteiger partial charge < -0.3 is 13.4 Å². The lowest BCUT2D eigenvalue weighted by Gasteiger charge is -2.19. The summed E-state index contributed by atoms with van der Waals surface area (Å²) in [5.74, 6) is 0. The van der Waals surface area contributed by atoms with E-state index in [-0.39, 0.29) is 0 Å². The summed E-state index contributed by atoms with van der Waals surface area (Å²) in [5, 5.41) is 11.8. The Labute approximate surface area is 408 Å². The first kappa shape index (κ1) is 39.5. The molecular formula is C68H41NO2. The van der Waals surface area contributed by atoms with Gasteiger partial charge in [-0.05, 0) is 121 Å². The molecule has 330 valence electrons. The van der Waals surface area contributed by atoms with Gasteiger partial charge in [-0.2, -0.15) is 0 Å². The van der Waals surface area contributed by atoms with Gasteiger partial charge in [-0.1, -0.05) is 194 Å². The van der Waals surface area contributed by atoms with Crippen LogP contribution in [0.1, 0.15) is 0 Å². The maximum Gasteiger partial charge on any atom is 0.143 e. The first-order valence-corrected chi connectivity index (χ1v) is 24.3. The SMILES string of the molecule is c1ccc(-c2c3ccccc3c(-c3ccccc3)c3cc(-c4cccc(-n5c6ccc(-c7cccc8c7oc7ccccc78)cc6c6cc(-c7cccc8c7oc7ccccc78)ccc65)c4)ccc23)cc1. The number of hydrogen-bond donors (Lipinski definition) is 0. The van der Waals surface area contributed by atoms with Crippen molar-refractivity contribution >= 4 is 87.2 Å². The minimum atomic E-state index is 0.893. The smallest absolute Gasteiger partial charge is 0.143 e. The first-order chi connectivity index (χ1) is 35.2. The Morgan fingerprint density at radius 1 is 0.239 bits per heavy atom. The highest BCUT2D eigenvalue weighted by molar-refractivity contribution is 6.22. The van der Waals surface area contributed by atoms with E-state index >= 15 is 0 Å². The van der Waals surface area contributed by atoms with Crippen LogP contribution in [0.25, 0.3) is 149 Å². The van der Waals surface area contributed by atoms with E-state index in [1.54, 1.807) is 0 Å². The zero-order valence-corrected chi connectivity index (χ0v) is 38.4. The molecule has 12 aromatic carbocycles. The first-order valence-electron chi connectivity index (χ1n) is 24.3. The van der Waals surface area contributed by atoms with Gasteiger partial charge in [-0.15, -0.1) is 0 Å². The molecule has 0 fully saturated rings. The summed E-state index contributed by atoms with van der Waals surface area (Å²) >= 11 is 0. The summed E-state index contributed by atoms with van der Waals surface area (Å²) in [6.07, 6.45) is 0. The van der Waals surface area contributed by atoms with Crippen LogP contribution in [0.15, 0.2) is 258 Å². The van der Waals surface area contributed by atoms with Crippen molar-refractivity contribution in [2.45, 2.75) is 0 Å². The van der Waals surface area contributed by atoms with E-state index < -0.39 is 0 Å². The normalized spacial score (nSPS) is 11.9. The van der Waals surface area contributed by atoms with Gasteiger partial charge in [0.15, 0.2) is 0 Å². The highest BCUT2D eigenvalue weighted by Crippen LogP contribution is 2.46. The van der Waals surface area contributed by atoms with Crippen molar-refractivity contribution in [1.29, 1.82) is 0 Å². The predicted octanol–water partition coefficient (Wildman–Crippen LogP) is 19.2. The van der Waals surface area contributed by atoms with Gasteiger partial charge in [0, 0.05) is 49.1 Å². The maximum absolute atomic E-state index is 6.60. The summed E-state index contributed by atoms with van der Waals surface area (Å²) < 4.78 is 15.6. The van der Waals surface area contributed by atoms with Crippen LogP contribution in [-0.4, -0.2) is 4.57 Å². The molecule has 15 aromatic rings. The number of hydrogen-bond acceptors (Lipinski definition) is 2. The van der Waals surface area contributed by atoms with E-state index in [1.807, 2.05) is 12.1 Å². The lowest BCUT2D eigenvalue weighted by molar-refractivity contribution is 0.669. The van der Waals surface area contributed by atoms with E-state index in [4.69, 9.17) is 8.83 Å². The summed E-state index contributed by atoms with van der Waals surface area (Å²) in [7, 11) is 0. The van der Waals surface area contributed by atoms with Crippen molar-refractivity contribution in [3.8, 4) is 61.3 Å². The van der Waals surface area contributed by atoms with Crippen molar-refractivity contribution in [2.24, 2.45) is 0 Å². The summed E-state index contributed by atoms with van der Waals surface area (Å²) in [6.45, 7) is 0. The average molecular weight is 904 g/mol. The third-order valence-electron chi connectivity index (χ3n) is 14.8. The Morgan fingerprint density at radius 2 is 0.648 bits per heavy atom. The quantitative estimate of drug-likeness (QED) is 0.156. The van der Waals surface area contributed by atoms with E-state index in [1.165, 1.54) is 43.8 Å². The van der Waals surface area contributed by atoms with Gasteiger partial charge in [0.25, 0.3) is 0 Å². The number of furan rings is 2. The van der Waals surface area contributed by atoms with Crippen molar-refractivity contribution in [3.05, 3.63) is 249 Å². The van der Waals surface area contributed by atoms with E-state index in [2.05, 4.69) is 241 Å². The average Bonchev–Trinajstić information content (AvgIpc) is 4.12. The van der Waals surface area contributed by atoms with Crippen LogP contribution in [0.2, 0.25) is 0 Å². The number of fused-ring (bicyclic) bond motifs is 11. The topological polar surface area (TPSA) is 31.2 Å². The third-order valence-corrected chi connectivity index (χ3v) is 14.8. The summed E-state index contributed by atoms with van der Waals surface area (Å²) in [6, 6.07) is 90.1. The Hall–Kier alpha value is -9.44. The van der Waals surface area contributed by atoms with Crippen LogP contribution in [0.4, 0.5) is 0 Å². The Kier molecular flexibility index (Phi) is 8.66. The monoisotopic (exact) mass is 903 g/mol. The number of aromatic nitrogens is 1. The van der Waals surface area contributed by atoms with Gasteiger partial charge in [0.2, 0.25) is 0 Å². The molecule has 0 amide bonds. The van der Waals surface area contributed by atoms with E-state index in [0.717, 1.165) is 105 Å². The molecule has 0 bridgehead atoms. The van der Waals surface area contributed by atoms with Crippen LogP contribution >= 0.6 is 0 Å². The molecule has 0 N–H and O–H groups in total. The molecule has 0 aliphatic heterocycles. The number of para-hydroxylation sites is 4. The minimum absolute atomic E-state index is 0.893. The molecule has 0 atom stereocenters. The van der Waals surface area contributed by atoms with Crippen molar-refractivity contribution < 1.29 is 8.83 Å². The van der Waals surface area contributed by atoms with Gasteiger partial charge in [-0.25, -0.2) is 0 Å². The largest absolute Gasteiger partial charge is 0.455 e. The molecule has 71 heavy (non-hydrogen) atoms. The molecule has 15 rings (SSSR count). The van der Waals surface area contributed by atoms with Crippen LogP contribution in [0.5, 0.6) is 0 Å². The van der Waals surface area contributed by atoms with Crippen molar-refractivity contribution in [3.63, 3.8) is 0 Å². The van der Waals surface area contributed by atoms with Crippen molar-refractivity contribution in [1.82, 2.24) is 4.57 Å². The van der Waals surface area contributed by atoms with Crippen LogP contribution in [0.3, 0.4) is 0 Å². The molecule has 0 aliphatic rings. The number of rotatable bonds is 6. The lowest BCUT2D eigenvalue weighted by Crippen LogP contribution is -1.95. The standard InChI is InChI=1S/C68H41NO2/c1-3-16-42(17-4-1)65-53-24-7-8-25-54(53)66(43-18-5-2-6-19-43)60-39-45(32-35-55(60)65)44-20-13-21-48(38-44)69-61-36-33-46(49-26-14-28-56-51-22-9-11-30-63(51)70-67(49)56)40-58(61)59-41-47(34-37-62(59)69)50-27-15-29-57-52-23-10-12-31-64(52)71-68(50)57/h1-41H. The fourth-order valence-electron chi connectivity index (χ4n) is 11.6. The van der Waals surface area contributed by atoms with Crippen LogP contribution in [-0.2, 0) is 0 Å². The molecule has 0 spiro atoms. The fourth-order valence-corrected chi connectivity index (χ4v) is 11.6. The molecule has 3 heterocycles. The maximum atomic E-state index is 6.60. The van der Waals surface area contributed by atoms with Gasteiger partial charge >= 0.3 is 0 Å². The molecule has 0 aliphatic carbocycles. The predicted molar refractivity (Wildman–Crippen MR) is 298 cm³/mol. The highest BCUT2D eigenvalue weighted by atomic mass is 16.3.